The topological polar surface area (TPSA) is 29.1 Å². The molecular weight excluding hydrogens is 258 g/mol. The third-order valence-corrected chi connectivity index (χ3v) is 4.60. The van der Waals surface area contributed by atoms with Crippen molar-refractivity contribution in [1.82, 2.24) is 5.32 Å². The molecule has 1 saturated heterocycles. The SMILES string of the molecule is CC(C)Cc1ccc(C2(C)CC(=O)NC2CC(C)C)cc1. The molecule has 1 aliphatic rings. The Labute approximate surface area is 129 Å². The summed E-state index contributed by atoms with van der Waals surface area (Å²) in [6, 6.07) is 9.17. The second kappa shape index (κ2) is 6.21. The number of hydrogen-bond acceptors (Lipinski definition) is 1. The molecule has 0 spiro atoms. The molecule has 2 unspecified atom stereocenters. The Morgan fingerprint density at radius 2 is 1.76 bits per heavy atom. The molecule has 1 amide bonds. The molecule has 1 heterocycles. The lowest BCUT2D eigenvalue weighted by Gasteiger charge is -2.32. The lowest BCUT2D eigenvalue weighted by molar-refractivity contribution is -0.119. The first-order chi connectivity index (χ1) is 9.81. The third-order valence-electron chi connectivity index (χ3n) is 4.60. The largest absolute Gasteiger partial charge is 0.352 e. The highest BCUT2D eigenvalue weighted by molar-refractivity contribution is 5.81. The molecule has 2 atom stereocenters. The van der Waals surface area contributed by atoms with Gasteiger partial charge in [-0.05, 0) is 35.8 Å². The van der Waals surface area contributed by atoms with E-state index in [-0.39, 0.29) is 17.4 Å². The molecule has 0 saturated carbocycles. The second-order valence-corrected chi connectivity index (χ2v) is 7.64. The van der Waals surface area contributed by atoms with Crippen molar-refractivity contribution in [3.63, 3.8) is 0 Å². The smallest absolute Gasteiger partial charge is 0.221 e. The molecule has 116 valence electrons. The van der Waals surface area contributed by atoms with Crippen LogP contribution in [0.1, 0.15) is 58.6 Å². The number of nitrogens with one attached hydrogen (secondary N) is 1. The minimum atomic E-state index is -0.0717. The third kappa shape index (κ3) is 3.66. The van der Waals surface area contributed by atoms with Gasteiger partial charge in [-0.1, -0.05) is 58.9 Å². The molecule has 0 aliphatic carbocycles. The summed E-state index contributed by atoms with van der Waals surface area (Å²) in [5.74, 6) is 1.46. The number of hydrogen-bond donors (Lipinski definition) is 1. The Morgan fingerprint density at radius 1 is 1.14 bits per heavy atom. The van der Waals surface area contributed by atoms with Gasteiger partial charge in [-0.15, -0.1) is 0 Å². The molecule has 0 radical (unpaired) electrons. The molecule has 1 fully saturated rings. The number of amides is 1. The fourth-order valence-corrected chi connectivity index (χ4v) is 3.45. The normalized spacial score (nSPS) is 25.7. The van der Waals surface area contributed by atoms with Crippen LogP contribution in [-0.2, 0) is 16.6 Å². The molecule has 2 heteroatoms. The minimum absolute atomic E-state index is 0.0717. The molecule has 1 aromatic carbocycles. The molecule has 1 aliphatic heterocycles. The highest BCUT2D eigenvalue weighted by atomic mass is 16.2. The van der Waals surface area contributed by atoms with E-state index in [1.165, 1.54) is 11.1 Å². The van der Waals surface area contributed by atoms with E-state index in [1.54, 1.807) is 0 Å². The van der Waals surface area contributed by atoms with E-state index in [1.807, 2.05) is 0 Å². The summed E-state index contributed by atoms with van der Waals surface area (Å²) in [7, 11) is 0. The standard InChI is InChI=1S/C19H29NO/c1-13(2)10-15-6-8-16(9-7-15)19(5)12-18(21)20-17(19)11-14(3)4/h6-9,13-14,17H,10-12H2,1-5H3,(H,20,21). The molecule has 2 nitrogen and oxygen atoms in total. The van der Waals surface area contributed by atoms with E-state index in [0.717, 1.165) is 12.8 Å². The van der Waals surface area contributed by atoms with Gasteiger partial charge in [0.25, 0.3) is 0 Å². The monoisotopic (exact) mass is 287 g/mol. The fraction of sp³-hybridized carbons (Fsp3) is 0.632. The molecular formula is C19H29NO. The van der Waals surface area contributed by atoms with Gasteiger partial charge in [0.1, 0.15) is 0 Å². The van der Waals surface area contributed by atoms with Crippen molar-refractivity contribution in [2.75, 3.05) is 0 Å². The van der Waals surface area contributed by atoms with E-state index in [2.05, 4.69) is 64.2 Å². The van der Waals surface area contributed by atoms with Crippen LogP contribution in [0, 0.1) is 11.8 Å². The molecule has 0 bridgehead atoms. The maximum Gasteiger partial charge on any atom is 0.221 e. The molecule has 2 rings (SSSR count). The zero-order valence-electron chi connectivity index (χ0n) is 14.1. The van der Waals surface area contributed by atoms with Crippen LogP contribution in [0.15, 0.2) is 24.3 Å². The Balaban J connectivity index is 2.22. The molecule has 1 aromatic rings. The van der Waals surface area contributed by atoms with Crippen LogP contribution in [0.5, 0.6) is 0 Å². The average molecular weight is 287 g/mol. The van der Waals surface area contributed by atoms with Crippen molar-refractivity contribution in [1.29, 1.82) is 0 Å². The van der Waals surface area contributed by atoms with Gasteiger partial charge in [0.15, 0.2) is 0 Å². The van der Waals surface area contributed by atoms with E-state index < -0.39 is 0 Å². The summed E-state index contributed by atoms with van der Waals surface area (Å²) in [6.07, 6.45) is 2.76. The van der Waals surface area contributed by atoms with Crippen LogP contribution in [-0.4, -0.2) is 11.9 Å². The maximum atomic E-state index is 11.9. The lowest BCUT2D eigenvalue weighted by Crippen LogP contribution is -2.39. The van der Waals surface area contributed by atoms with Crippen molar-refractivity contribution in [2.24, 2.45) is 11.8 Å². The van der Waals surface area contributed by atoms with E-state index in [0.29, 0.717) is 18.3 Å². The van der Waals surface area contributed by atoms with Crippen molar-refractivity contribution in [2.45, 2.75) is 65.3 Å². The highest BCUT2D eigenvalue weighted by Gasteiger charge is 2.44. The van der Waals surface area contributed by atoms with Gasteiger partial charge in [0, 0.05) is 17.9 Å². The van der Waals surface area contributed by atoms with Crippen LogP contribution in [0.4, 0.5) is 0 Å². The van der Waals surface area contributed by atoms with E-state index >= 15 is 0 Å². The fourth-order valence-electron chi connectivity index (χ4n) is 3.45. The number of carbonyl (C=O) groups is 1. The van der Waals surface area contributed by atoms with Crippen molar-refractivity contribution in [3.8, 4) is 0 Å². The summed E-state index contributed by atoms with van der Waals surface area (Å²) >= 11 is 0. The van der Waals surface area contributed by atoms with Crippen LogP contribution >= 0.6 is 0 Å². The van der Waals surface area contributed by atoms with Crippen LogP contribution in [0.2, 0.25) is 0 Å². The Kier molecular flexibility index (Phi) is 4.75. The highest BCUT2D eigenvalue weighted by Crippen LogP contribution is 2.38. The van der Waals surface area contributed by atoms with Crippen LogP contribution in [0.3, 0.4) is 0 Å². The Bertz CT molecular complexity index is 489. The summed E-state index contributed by atoms with van der Waals surface area (Å²) in [6.45, 7) is 11.2. The van der Waals surface area contributed by atoms with Crippen molar-refractivity contribution in [3.05, 3.63) is 35.4 Å². The second-order valence-electron chi connectivity index (χ2n) is 7.64. The Morgan fingerprint density at radius 3 is 2.29 bits per heavy atom. The average Bonchev–Trinajstić information content (AvgIpc) is 2.64. The number of rotatable bonds is 5. The predicted octanol–water partition coefficient (Wildman–Crippen LogP) is 4.08. The van der Waals surface area contributed by atoms with Gasteiger partial charge < -0.3 is 5.32 Å². The quantitative estimate of drug-likeness (QED) is 0.868. The van der Waals surface area contributed by atoms with Gasteiger partial charge in [-0.2, -0.15) is 0 Å². The number of benzene rings is 1. The van der Waals surface area contributed by atoms with Crippen LogP contribution < -0.4 is 5.32 Å². The van der Waals surface area contributed by atoms with Gasteiger partial charge in [-0.25, -0.2) is 0 Å². The predicted molar refractivity (Wildman–Crippen MR) is 88.3 cm³/mol. The molecule has 0 aromatic heterocycles. The summed E-state index contributed by atoms with van der Waals surface area (Å²) in [5, 5.41) is 3.18. The first-order valence-corrected chi connectivity index (χ1v) is 8.20. The molecule has 1 N–H and O–H groups in total. The molecule has 21 heavy (non-hydrogen) atoms. The maximum absolute atomic E-state index is 11.9. The van der Waals surface area contributed by atoms with E-state index in [4.69, 9.17) is 0 Å². The number of carbonyl (C=O) groups excluding carboxylic acids is 1. The van der Waals surface area contributed by atoms with Gasteiger partial charge >= 0.3 is 0 Å². The van der Waals surface area contributed by atoms with Gasteiger partial charge in [-0.3, -0.25) is 4.79 Å². The van der Waals surface area contributed by atoms with Crippen molar-refractivity contribution < 1.29 is 4.79 Å². The zero-order chi connectivity index (χ0) is 15.6. The van der Waals surface area contributed by atoms with Gasteiger partial charge in [0.2, 0.25) is 5.91 Å². The summed E-state index contributed by atoms with van der Waals surface area (Å²) < 4.78 is 0. The summed E-state index contributed by atoms with van der Waals surface area (Å²) in [4.78, 5) is 11.9. The zero-order valence-corrected chi connectivity index (χ0v) is 14.1. The first-order valence-electron chi connectivity index (χ1n) is 8.20. The Hall–Kier alpha value is -1.31. The first kappa shape index (κ1) is 16.1. The minimum Gasteiger partial charge on any atom is -0.352 e. The van der Waals surface area contributed by atoms with Gasteiger partial charge in [0.05, 0.1) is 0 Å². The van der Waals surface area contributed by atoms with Crippen LogP contribution in [0.25, 0.3) is 0 Å². The van der Waals surface area contributed by atoms with Crippen molar-refractivity contribution >= 4 is 5.91 Å². The summed E-state index contributed by atoms with van der Waals surface area (Å²) in [5.41, 5.74) is 2.60. The van der Waals surface area contributed by atoms with E-state index in [9.17, 15) is 4.79 Å². The lowest BCUT2D eigenvalue weighted by atomic mass is 9.73.